The van der Waals surface area contributed by atoms with Gasteiger partial charge in [0.1, 0.15) is 10.8 Å². The third kappa shape index (κ3) is 3.05. The van der Waals surface area contributed by atoms with Gasteiger partial charge in [0.15, 0.2) is 5.69 Å². The molecule has 3 aromatic heterocycles. The molecule has 0 spiro atoms. The van der Waals surface area contributed by atoms with E-state index in [9.17, 15) is 4.79 Å². The molecule has 6 rings (SSSR count). The summed E-state index contributed by atoms with van der Waals surface area (Å²) in [6, 6.07) is 14.7. The predicted octanol–water partition coefficient (Wildman–Crippen LogP) is 5.39. The number of nitrogens with two attached hydrogens (primary N) is 1. The summed E-state index contributed by atoms with van der Waals surface area (Å²) in [6.07, 6.45) is 3.46. The van der Waals surface area contributed by atoms with E-state index in [1.165, 1.54) is 11.3 Å². The molecule has 0 bridgehead atoms. The summed E-state index contributed by atoms with van der Waals surface area (Å²) in [5, 5.41) is 10.9. The highest BCUT2D eigenvalue weighted by Gasteiger charge is 2.20. The van der Waals surface area contributed by atoms with Crippen molar-refractivity contribution in [1.82, 2.24) is 25.1 Å². The zero-order valence-corrected chi connectivity index (χ0v) is 18.4. The van der Waals surface area contributed by atoms with E-state index in [0.29, 0.717) is 44.8 Å². The fourth-order valence-electron chi connectivity index (χ4n) is 4.15. The van der Waals surface area contributed by atoms with Crippen molar-refractivity contribution >= 4 is 44.5 Å². The van der Waals surface area contributed by atoms with Crippen LogP contribution in [-0.4, -0.2) is 25.1 Å². The Balaban J connectivity index is 1.70. The van der Waals surface area contributed by atoms with Gasteiger partial charge in [0, 0.05) is 33.7 Å². The number of aromatic amines is 2. The van der Waals surface area contributed by atoms with Gasteiger partial charge in [-0.1, -0.05) is 30.3 Å². The molecule has 3 aromatic carbocycles. The third-order valence-corrected chi connectivity index (χ3v) is 6.52. The number of nitrogen functional groups attached to an aromatic ring is 1. The Bertz CT molecular complexity index is 1810. The van der Waals surface area contributed by atoms with Crippen LogP contribution in [0.3, 0.4) is 0 Å². The number of hydrogen-bond acceptors (Lipinski definition) is 6. The molecule has 0 aliphatic carbocycles. The molecule has 0 radical (unpaired) electrons. The van der Waals surface area contributed by atoms with Gasteiger partial charge in [-0.25, -0.2) is 14.8 Å². The summed E-state index contributed by atoms with van der Waals surface area (Å²) in [4.78, 5) is 29.0. The van der Waals surface area contributed by atoms with Crippen LogP contribution in [0.2, 0.25) is 0 Å². The molecule has 0 fully saturated rings. The molecule has 0 aliphatic rings. The van der Waals surface area contributed by atoms with Crippen molar-refractivity contribution in [3.8, 4) is 33.1 Å². The highest BCUT2D eigenvalue weighted by atomic mass is 32.1. The van der Waals surface area contributed by atoms with Crippen LogP contribution < -0.4 is 11.3 Å². The van der Waals surface area contributed by atoms with E-state index in [2.05, 4.69) is 25.0 Å². The predicted molar refractivity (Wildman–Crippen MR) is 135 cm³/mol. The summed E-state index contributed by atoms with van der Waals surface area (Å²) in [5.41, 5.74) is 11.3. The van der Waals surface area contributed by atoms with Crippen LogP contribution in [0.4, 0.5) is 11.4 Å². The van der Waals surface area contributed by atoms with Gasteiger partial charge in [-0.3, -0.25) is 9.89 Å². The maximum atomic E-state index is 13.4. The number of rotatable bonds is 3. The smallest absolute Gasteiger partial charge is 0.261 e. The second-order valence-corrected chi connectivity index (χ2v) is 8.55. The van der Waals surface area contributed by atoms with Crippen molar-refractivity contribution in [1.29, 1.82) is 0 Å². The Labute approximate surface area is 196 Å². The fraction of sp³-hybridized carbons (Fsp3) is 0. The quantitative estimate of drug-likeness (QED) is 0.241. The average Bonchev–Trinajstić information content (AvgIpc) is 3.56. The Morgan fingerprint density at radius 2 is 1.94 bits per heavy atom. The molecule has 8 nitrogen and oxygen atoms in total. The molecular weight excluding hydrogens is 446 g/mol. The SMILES string of the molecule is [C-]#[N+]c1cccc(-c2nc3c(-c4nccs4)cc(-c4cccc5[nH]ncc45)c(N)c3c(=O)[nH]2)c1. The summed E-state index contributed by atoms with van der Waals surface area (Å²) < 4.78 is 0. The lowest BCUT2D eigenvalue weighted by Crippen LogP contribution is -2.13. The Morgan fingerprint density at radius 3 is 2.76 bits per heavy atom. The number of H-pyrrole nitrogens is 2. The first-order chi connectivity index (χ1) is 16.6. The second-order valence-electron chi connectivity index (χ2n) is 7.66. The first kappa shape index (κ1) is 19.8. The normalized spacial score (nSPS) is 11.1. The zero-order chi connectivity index (χ0) is 23.2. The number of thiazole rings is 1. The maximum Gasteiger partial charge on any atom is 0.261 e. The van der Waals surface area contributed by atoms with Gasteiger partial charge in [-0.05, 0) is 23.8 Å². The number of anilines is 1. The van der Waals surface area contributed by atoms with Crippen LogP contribution in [-0.2, 0) is 0 Å². The monoisotopic (exact) mass is 461 g/mol. The number of hydrogen-bond donors (Lipinski definition) is 3. The van der Waals surface area contributed by atoms with Gasteiger partial charge in [0.2, 0.25) is 0 Å². The largest absolute Gasteiger partial charge is 0.398 e. The summed E-state index contributed by atoms with van der Waals surface area (Å²) in [6.45, 7) is 7.29. The van der Waals surface area contributed by atoms with E-state index < -0.39 is 0 Å². The Morgan fingerprint density at radius 1 is 1.06 bits per heavy atom. The lowest BCUT2D eigenvalue weighted by atomic mass is 9.95. The molecule has 3 heterocycles. The number of benzene rings is 3. The van der Waals surface area contributed by atoms with Crippen LogP contribution in [0.25, 0.3) is 59.7 Å². The van der Waals surface area contributed by atoms with Crippen molar-refractivity contribution in [2.24, 2.45) is 0 Å². The van der Waals surface area contributed by atoms with Gasteiger partial charge >= 0.3 is 0 Å². The lowest BCUT2D eigenvalue weighted by Gasteiger charge is -2.14. The van der Waals surface area contributed by atoms with Gasteiger partial charge < -0.3 is 10.7 Å². The number of nitrogens with one attached hydrogen (secondary N) is 2. The van der Waals surface area contributed by atoms with Gasteiger partial charge in [-0.2, -0.15) is 5.10 Å². The van der Waals surface area contributed by atoms with Gasteiger partial charge in [0.25, 0.3) is 5.56 Å². The van der Waals surface area contributed by atoms with Crippen molar-refractivity contribution in [2.75, 3.05) is 5.73 Å². The molecule has 0 saturated carbocycles. The standard InChI is InChI=1S/C25H15N7OS/c1-27-14-5-2-4-13(10-14)23-30-22-17(25-28-8-9-34-25)11-16(21(26)20(22)24(33)31-23)15-6-3-7-19-18(15)12-29-32-19/h2-12H,26H2,(H,29,32)(H,30,31,33). The maximum absolute atomic E-state index is 13.4. The molecule has 9 heteroatoms. The highest BCUT2D eigenvalue weighted by Crippen LogP contribution is 2.40. The van der Waals surface area contributed by atoms with Crippen molar-refractivity contribution in [3.63, 3.8) is 0 Å². The summed E-state index contributed by atoms with van der Waals surface area (Å²) in [7, 11) is 0. The first-order valence-corrected chi connectivity index (χ1v) is 11.2. The minimum absolute atomic E-state index is 0.299. The van der Waals surface area contributed by atoms with E-state index >= 15 is 0 Å². The van der Waals surface area contributed by atoms with Crippen LogP contribution in [0.1, 0.15) is 0 Å². The first-order valence-electron chi connectivity index (χ1n) is 10.3. The fourth-order valence-corrected chi connectivity index (χ4v) is 4.80. The molecule has 162 valence electrons. The van der Waals surface area contributed by atoms with Crippen molar-refractivity contribution in [2.45, 2.75) is 0 Å². The molecule has 4 N–H and O–H groups in total. The molecule has 0 amide bonds. The molecule has 6 aromatic rings. The highest BCUT2D eigenvalue weighted by molar-refractivity contribution is 7.13. The summed E-state index contributed by atoms with van der Waals surface area (Å²) >= 11 is 1.46. The minimum atomic E-state index is -0.357. The van der Waals surface area contributed by atoms with Crippen LogP contribution in [0.15, 0.2) is 71.1 Å². The number of nitrogens with zero attached hydrogens (tertiary/aromatic N) is 4. The summed E-state index contributed by atoms with van der Waals surface area (Å²) in [5.74, 6) is 0.366. The molecule has 0 saturated heterocycles. The third-order valence-electron chi connectivity index (χ3n) is 5.71. The average molecular weight is 462 g/mol. The van der Waals surface area contributed by atoms with Crippen LogP contribution in [0, 0.1) is 6.57 Å². The molecule has 34 heavy (non-hydrogen) atoms. The van der Waals surface area contributed by atoms with Crippen molar-refractivity contribution < 1.29 is 0 Å². The Kier molecular flexibility index (Phi) is 4.47. The molecule has 0 aliphatic heterocycles. The van der Waals surface area contributed by atoms with E-state index in [1.54, 1.807) is 36.7 Å². The van der Waals surface area contributed by atoms with E-state index in [0.717, 1.165) is 21.5 Å². The Hall–Kier alpha value is -4.81. The number of aromatic nitrogens is 5. The molecular formula is C25H15N7OS. The second kappa shape index (κ2) is 7.65. The van der Waals surface area contributed by atoms with Crippen molar-refractivity contribution in [3.05, 3.63) is 88.1 Å². The van der Waals surface area contributed by atoms with E-state index in [4.69, 9.17) is 17.3 Å². The topological polar surface area (TPSA) is 118 Å². The van der Waals surface area contributed by atoms with Gasteiger partial charge in [0.05, 0.1) is 34.9 Å². The number of fused-ring (bicyclic) bond motifs is 2. The molecule has 0 unspecified atom stereocenters. The lowest BCUT2D eigenvalue weighted by molar-refractivity contribution is 1.12. The zero-order valence-electron chi connectivity index (χ0n) is 17.5. The van der Waals surface area contributed by atoms with Crippen LogP contribution in [0.5, 0.6) is 0 Å². The van der Waals surface area contributed by atoms with E-state index in [1.807, 2.05) is 29.6 Å². The van der Waals surface area contributed by atoms with E-state index in [-0.39, 0.29) is 5.56 Å². The minimum Gasteiger partial charge on any atom is -0.398 e. The van der Waals surface area contributed by atoms with Crippen LogP contribution >= 0.6 is 11.3 Å². The molecule has 0 atom stereocenters. The van der Waals surface area contributed by atoms with Gasteiger partial charge in [-0.15, -0.1) is 11.3 Å².